The summed E-state index contributed by atoms with van der Waals surface area (Å²) in [6.45, 7) is 4.37. The Morgan fingerprint density at radius 3 is 1.65 bits per heavy atom. The van der Waals surface area contributed by atoms with Crippen LogP contribution in [0.1, 0.15) is 11.1 Å². The number of fused-ring (bicyclic) bond motifs is 6. The number of aryl methyl sites for hydroxylation is 2. The molecule has 0 spiro atoms. The maximum absolute atomic E-state index is 7.09. The molecule has 0 atom stereocenters. The van der Waals surface area contributed by atoms with Crippen LogP contribution < -0.4 is 14.5 Å². The third-order valence-corrected chi connectivity index (χ3v) is 12.7. The van der Waals surface area contributed by atoms with E-state index >= 15 is 0 Å². The lowest BCUT2D eigenvalue weighted by Crippen LogP contribution is -2.13. The van der Waals surface area contributed by atoms with E-state index in [0.29, 0.717) is 0 Å². The van der Waals surface area contributed by atoms with Crippen LogP contribution in [0.5, 0.6) is 11.5 Å². The smallest absolute Gasteiger partial charge is 0.137 e. The third kappa shape index (κ3) is 6.58. The number of aromatic nitrogens is 1. The highest BCUT2D eigenvalue weighted by Crippen LogP contribution is 2.54. The largest absolute Gasteiger partial charge is 0.456 e. The minimum absolute atomic E-state index is 0.809. The van der Waals surface area contributed by atoms with Gasteiger partial charge in [-0.15, -0.1) is 0 Å². The number of rotatable bonds is 8. The first kappa shape index (κ1) is 38.2. The standard InChI is InChI=1S/C61H43N3O/c1-40-29-31-48-50(34-40)51-38-54-49-32-30-45(64(60-28-16-17-33-62-60)56-27-15-13-25-47(56)43-20-8-4-9-21-43)37-58(49)65-59-36-41(2)35-53(61(54)59)52(51)39-57(48)63(44-22-10-5-11-23-44)55-26-14-12-24-46(55)42-18-6-3-7-19-42/h3-39H,1-2H3. The van der Waals surface area contributed by atoms with E-state index in [1.165, 1.54) is 43.6 Å². The fourth-order valence-electron chi connectivity index (χ4n) is 9.86. The highest BCUT2D eigenvalue weighted by molar-refractivity contribution is 6.26. The topological polar surface area (TPSA) is 28.6 Å². The second kappa shape index (κ2) is 15.7. The van der Waals surface area contributed by atoms with E-state index in [1.54, 1.807) is 0 Å². The predicted octanol–water partition coefficient (Wildman–Crippen LogP) is 17.2. The highest BCUT2D eigenvalue weighted by atomic mass is 16.5. The molecular formula is C61H43N3O. The lowest BCUT2D eigenvalue weighted by molar-refractivity contribution is 0.487. The Morgan fingerprint density at radius 2 is 0.954 bits per heavy atom. The summed E-state index contributed by atoms with van der Waals surface area (Å²) in [5, 5.41) is 7.07. The Kier molecular flexibility index (Phi) is 9.24. The van der Waals surface area contributed by atoms with Crippen LogP contribution in [0.2, 0.25) is 0 Å². The maximum Gasteiger partial charge on any atom is 0.137 e. The first-order chi connectivity index (χ1) is 32.1. The summed E-state index contributed by atoms with van der Waals surface area (Å²) in [5.74, 6) is 2.49. The lowest BCUT2D eigenvalue weighted by Gasteiger charge is -2.31. The van der Waals surface area contributed by atoms with Crippen molar-refractivity contribution in [2.45, 2.75) is 13.8 Å². The van der Waals surface area contributed by atoms with Gasteiger partial charge in [0.1, 0.15) is 17.3 Å². The molecule has 4 nitrogen and oxygen atoms in total. The molecule has 11 aromatic rings. The Labute approximate surface area is 378 Å². The van der Waals surface area contributed by atoms with E-state index in [4.69, 9.17) is 9.72 Å². The van der Waals surface area contributed by atoms with Crippen LogP contribution in [-0.2, 0) is 0 Å². The Hall–Kier alpha value is -8.47. The van der Waals surface area contributed by atoms with E-state index < -0.39 is 0 Å². The molecule has 0 N–H and O–H groups in total. The van der Waals surface area contributed by atoms with Crippen LogP contribution in [0.15, 0.2) is 225 Å². The van der Waals surface area contributed by atoms with Crippen molar-refractivity contribution in [1.82, 2.24) is 4.98 Å². The monoisotopic (exact) mass is 833 g/mol. The first-order valence-electron chi connectivity index (χ1n) is 22.2. The Bertz CT molecular complexity index is 3590. The molecule has 1 aromatic heterocycles. The minimum atomic E-state index is 0.809. The number of anilines is 6. The van der Waals surface area contributed by atoms with Gasteiger partial charge >= 0.3 is 0 Å². The number of pyridine rings is 1. The predicted molar refractivity (Wildman–Crippen MR) is 272 cm³/mol. The van der Waals surface area contributed by atoms with E-state index in [9.17, 15) is 0 Å². The molecule has 0 saturated carbocycles. The van der Waals surface area contributed by atoms with Crippen molar-refractivity contribution >= 4 is 66.6 Å². The first-order valence-corrected chi connectivity index (χ1v) is 22.2. The minimum Gasteiger partial charge on any atom is -0.456 e. The quantitative estimate of drug-likeness (QED) is 0.143. The van der Waals surface area contributed by atoms with Gasteiger partial charge in [-0.3, -0.25) is 4.90 Å². The van der Waals surface area contributed by atoms with Crippen molar-refractivity contribution in [1.29, 1.82) is 0 Å². The van der Waals surface area contributed by atoms with Gasteiger partial charge in [0.2, 0.25) is 0 Å². The Balaban J connectivity index is 1.09. The number of hydrogen-bond acceptors (Lipinski definition) is 4. The highest BCUT2D eigenvalue weighted by Gasteiger charge is 2.27. The summed E-state index contributed by atoms with van der Waals surface area (Å²) in [7, 11) is 0. The van der Waals surface area contributed by atoms with Crippen LogP contribution in [0.4, 0.5) is 34.3 Å². The number of para-hydroxylation sites is 3. The maximum atomic E-state index is 7.09. The zero-order valence-corrected chi connectivity index (χ0v) is 36.1. The average Bonchev–Trinajstić information content (AvgIpc) is 3.35. The van der Waals surface area contributed by atoms with Gasteiger partial charge in [-0.25, -0.2) is 4.98 Å². The van der Waals surface area contributed by atoms with Gasteiger partial charge in [0, 0.05) is 45.4 Å². The molecule has 10 aromatic carbocycles. The van der Waals surface area contributed by atoms with Crippen molar-refractivity contribution in [3.05, 3.63) is 236 Å². The molecule has 0 radical (unpaired) electrons. The van der Waals surface area contributed by atoms with Gasteiger partial charge in [0.05, 0.1) is 22.7 Å². The molecule has 0 saturated heterocycles. The summed E-state index contributed by atoms with van der Waals surface area (Å²) in [4.78, 5) is 9.57. The summed E-state index contributed by atoms with van der Waals surface area (Å²) in [6, 6.07) is 78.3. The summed E-state index contributed by atoms with van der Waals surface area (Å²) in [5.41, 5.74) is 14.5. The molecule has 0 aliphatic carbocycles. The van der Waals surface area contributed by atoms with Crippen molar-refractivity contribution in [3.63, 3.8) is 0 Å². The normalized spacial score (nSPS) is 11.7. The second-order valence-corrected chi connectivity index (χ2v) is 16.9. The van der Waals surface area contributed by atoms with Gasteiger partial charge < -0.3 is 9.64 Å². The van der Waals surface area contributed by atoms with E-state index in [-0.39, 0.29) is 0 Å². The van der Waals surface area contributed by atoms with E-state index in [0.717, 1.165) is 79.0 Å². The van der Waals surface area contributed by atoms with Gasteiger partial charge in [-0.1, -0.05) is 151 Å². The Morgan fingerprint density at radius 1 is 0.354 bits per heavy atom. The zero-order valence-electron chi connectivity index (χ0n) is 36.1. The second-order valence-electron chi connectivity index (χ2n) is 16.9. The van der Waals surface area contributed by atoms with E-state index in [2.05, 4.69) is 230 Å². The molecule has 12 rings (SSSR count). The molecular weight excluding hydrogens is 791 g/mol. The number of ether oxygens (including phenoxy) is 1. The van der Waals surface area contributed by atoms with Crippen molar-refractivity contribution in [2.24, 2.45) is 0 Å². The van der Waals surface area contributed by atoms with Crippen LogP contribution in [0.3, 0.4) is 0 Å². The molecule has 1 aliphatic rings. The summed E-state index contributed by atoms with van der Waals surface area (Å²) >= 11 is 0. The molecule has 65 heavy (non-hydrogen) atoms. The van der Waals surface area contributed by atoms with Gasteiger partial charge in [-0.2, -0.15) is 0 Å². The molecule has 0 unspecified atom stereocenters. The van der Waals surface area contributed by atoms with Crippen LogP contribution in [-0.4, -0.2) is 4.98 Å². The van der Waals surface area contributed by atoms with Gasteiger partial charge in [0.15, 0.2) is 0 Å². The molecule has 308 valence electrons. The fourth-order valence-corrected chi connectivity index (χ4v) is 9.86. The molecule has 2 heterocycles. The summed E-state index contributed by atoms with van der Waals surface area (Å²) < 4.78 is 7.09. The van der Waals surface area contributed by atoms with Gasteiger partial charge in [-0.05, 0) is 124 Å². The molecule has 4 heteroatoms. The number of hydrogen-bond donors (Lipinski definition) is 0. The number of benzene rings is 10. The molecule has 0 amide bonds. The molecule has 0 bridgehead atoms. The zero-order chi connectivity index (χ0) is 43.4. The SMILES string of the molecule is Cc1ccc2c(N(c3ccccc3)c3ccccc3-c3ccccc3)cc3c4cc(C)cc5c4c(cc3c2c1)-c1ccc(N(c2ccccn2)c2ccccc2-c2ccccc2)cc1O5. The van der Waals surface area contributed by atoms with Crippen molar-refractivity contribution < 1.29 is 4.74 Å². The van der Waals surface area contributed by atoms with Gasteiger partial charge in [0.25, 0.3) is 0 Å². The average molecular weight is 834 g/mol. The van der Waals surface area contributed by atoms with Crippen molar-refractivity contribution in [2.75, 3.05) is 9.80 Å². The summed E-state index contributed by atoms with van der Waals surface area (Å²) in [6.07, 6.45) is 1.85. The fraction of sp³-hybridized carbons (Fsp3) is 0.0328. The van der Waals surface area contributed by atoms with E-state index in [1.807, 2.05) is 18.3 Å². The third-order valence-electron chi connectivity index (χ3n) is 12.7. The van der Waals surface area contributed by atoms with Crippen molar-refractivity contribution in [3.8, 4) is 44.9 Å². The molecule has 1 aliphatic heterocycles. The van der Waals surface area contributed by atoms with Crippen LogP contribution in [0, 0.1) is 13.8 Å². The van der Waals surface area contributed by atoms with Crippen LogP contribution in [0.25, 0.3) is 65.7 Å². The lowest BCUT2D eigenvalue weighted by atomic mass is 9.87. The number of nitrogens with zero attached hydrogens (tertiary/aromatic N) is 3. The van der Waals surface area contributed by atoms with Crippen LogP contribution >= 0.6 is 0 Å². The molecule has 0 fully saturated rings.